The van der Waals surface area contributed by atoms with Crippen molar-refractivity contribution in [3.05, 3.63) is 59.1 Å². The van der Waals surface area contributed by atoms with Crippen molar-refractivity contribution in [1.82, 2.24) is 9.21 Å². The lowest BCUT2D eigenvalue weighted by atomic mass is 10.2. The van der Waals surface area contributed by atoms with Gasteiger partial charge in [0, 0.05) is 31.2 Å². The van der Waals surface area contributed by atoms with E-state index in [0.29, 0.717) is 37.9 Å². The van der Waals surface area contributed by atoms with Crippen molar-refractivity contribution in [2.45, 2.75) is 17.4 Å². The number of nitrogens with zero attached hydrogens (tertiary/aromatic N) is 3. The number of benzene rings is 2. The van der Waals surface area contributed by atoms with Crippen LogP contribution in [0.25, 0.3) is 0 Å². The van der Waals surface area contributed by atoms with Crippen molar-refractivity contribution >= 4 is 45.1 Å². The molecule has 2 amide bonds. The van der Waals surface area contributed by atoms with E-state index in [-0.39, 0.29) is 29.1 Å². The van der Waals surface area contributed by atoms with Gasteiger partial charge >= 0.3 is 5.97 Å². The van der Waals surface area contributed by atoms with Crippen LogP contribution in [0.5, 0.6) is 0 Å². The largest absolute Gasteiger partial charge is 0.465 e. The van der Waals surface area contributed by atoms with Crippen molar-refractivity contribution in [3.8, 4) is 0 Å². The van der Waals surface area contributed by atoms with Crippen LogP contribution in [-0.2, 0) is 29.1 Å². The number of amides is 2. The molecule has 4 rings (SSSR count). The van der Waals surface area contributed by atoms with E-state index >= 15 is 0 Å². The molecule has 2 aliphatic heterocycles. The number of halogens is 1. The topological polar surface area (TPSA) is 114 Å². The van der Waals surface area contributed by atoms with Gasteiger partial charge in [-0.05, 0) is 48.5 Å². The summed E-state index contributed by atoms with van der Waals surface area (Å²) < 4.78 is 38.5. The maximum absolute atomic E-state index is 13.7. The lowest BCUT2D eigenvalue weighted by Crippen LogP contribution is -2.49. The minimum absolute atomic E-state index is 0.0176. The van der Waals surface area contributed by atoms with E-state index in [9.17, 15) is 22.8 Å². The van der Waals surface area contributed by atoms with Crippen LogP contribution in [0.4, 0.5) is 5.69 Å². The Kier molecular flexibility index (Phi) is 8.06. The molecule has 0 aliphatic carbocycles. The van der Waals surface area contributed by atoms with Gasteiger partial charge in [-0.25, -0.2) is 18.1 Å². The Bertz CT molecular complexity index is 1230. The number of esters is 1. The standard InChI is InChI=1S/C24H26ClN3O7S/c1-34-24(31)17-2-6-19(7-3-17)28-22(29)16-21(23(28)30)27(11-10-26-12-14-35-15-13-26)36(32,33)20-8-4-18(25)5-9-20/h2-9,21H,10-16H2,1H3. The van der Waals surface area contributed by atoms with E-state index in [2.05, 4.69) is 9.64 Å². The molecule has 0 spiro atoms. The molecule has 0 saturated carbocycles. The molecule has 0 bridgehead atoms. The molecule has 2 heterocycles. The van der Waals surface area contributed by atoms with Gasteiger partial charge in [-0.3, -0.25) is 14.5 Å². The Labute approximate surface area is 214 Å². The molecule has 12 heteroatoms. The van der Waals surface area contributed by atoms with E-state index < -0.39 is 33.8 Å². The first-order valence-corrected chi connectivity index (χ1v) is 13.2. The van der Waals surface area contributed by atoms with Crippen LogP contribution in [-0.4, -0.2) is 88.0 Å². The minimum atomic E-state index is -4.13. The van der Waals surface area contributed by atoms with Crippen molar-refractivity contribution in [2.24, 2.45) is 0 Å². The summed E-state index contributed by atoms with van der Waals surface area (Å²) in [4.78, 5) is 41.1. The molecule has 1 atom stereocenters. The third-order valence-electron chi connectivity index (χ3n) is 6.18. The highest BCUT2D eigenvalue weighted by Gasteiger charge is 2.47. The summed E-state index contributed by atoms with van der Waals surface area (Å²) >= 11 is 5.94. The number of carbonyl (C=O) groups is 3. The first-order valence-electron chi connectivity index (χ1n) is 11.3. The number of ether oxygens (including phenoxy) is 2. The zero-order chi connectivity index (χ0) is 25.9. The number of anilines is 1. The maximum atomic E-state index is 13.7. The quantitative estimate of drug-likeness (QED) is 0.371. The number of hydrogen-bond donors (Lipinski definition) is 0. The van der Waals surface area contributed by atoms with Gasteiger partial charge in [0.25, 0.3) is 5.91 Å². The van der Waals surface area contributed by atoms with Gasteiger partial charge in [0.05, 0.1) is 42.9 Å². The molecular formula is C24H26ClN3O7S. The normalized spacial score (nSPS) is 19.2. The minimum Gasteiger partial charge on any atom is -0.465 e. The lowest BCUT2D eigenvalue weighted by Gasteiger charge is -2.31. The highest BCUT2D eigenvalue weighted by Crippen LogP contribution is 2.30. The highest BCUT2D eigenvalue weighted by atomic mass is 35.5. The summed E-state index contributed by atoms with van der Waals surface area (Å²) in [6.45, 7) is 2.77. The van der Waals surface area contributed by atoms with Crippen molar-refractivity contribution in [2.75, 3.05) is 51.4 Å². The van der Waals surface area contributed by atoms with Gasteiger partial charge in [-0.1, -0.05) is 11.6 Å². The number of imide groups is 1. The van der Waals surface area contributed by atoms with Crippen LogP contribution in [0.3, 0.4) is 0 Å². The van der Waals surface area contributed by atoms with Crippen LogP contribution in [0.2, 0.25) is 5.02 Å². The molecule has 2 aromatic rings. The Morgan fingerprint density at radius 1 is 1.08 bits per heavy atom. The van der Waals surface area contributed by atoms with Crippen LogP contribution in [0.1, 0.15) is 16.8 Å². The molecule has 2 aliphatic rings. The monoisotopic (exact) mass is 535 g/mol. The zero-order valence-corrected chi connectivity index (χ0v) is 21.2. The predicted octanol–water partition coefficient (Wildman–Crippen LogP) is 1.78. The molecule has 192 valence electrons. The smallest absolute Gasteiger partial charge is 0.337 e. The maximum Gasteiger partial charge on any atom is 0.337 e. The first-order chi connectivity index (χ1) is 17.2. The summed E-state index contributed by atoms with van der Waals surface area (Å²) in [5.74, 6) is -1.73. The summed E-state index contributed by atoms with van der Waals surface area (Å²) in [7, 11) is -2.88. The SMILES string of the molecule is COC(=O)c1ccc(N2C(=O)CC(N(CCN3CCOCC3)S(=O)(=O)c3ccc(Cl)cc3)C2=O)cc1. The molecule has 2 saturated heterocycles. The van der Waals surface area contributed by atoms with E-state index in [0.717, 1.165) is 9.21 Å². The van der Waals surface area contributed by atoms with Gasteiger partial charge in [0.15, 0.2) is 0 Å². The van der Waals surface area contributed by atoms with Crippen molar-refractivity contribution < 1.29 is 32.3 Å². The summed E-state index contributed by atoms with van der Waals surface area (Å²) in [5.41, 5.74) is 0.506. The number of methoxy groups -OCH3 is 1. The van der Waals surface area contributed by atoms with E-state index in [4.69, 9.17) is 16.3 Å². The van der Waals surface area contributed by atoms with Crippen LogP contribution in [0.15, 0.2) is 53.4 Å². The van der Waals surface area contributed by atoms with E-state index in [1.807, 2.05) is 0 Å². The Morgan fingerprint density at radius 3 is 2.33 bits per heavy atom. The summed E-state index contributed by atoms with van der Waals surface area (Å²) in [6.07, 6.45) is -0.298. The van der Waals surface area contributed by atoms with Crippen molar-refractivity contribution in [3.63, 3.8) is 0 Å². The zero-order valence-electron chi connectivity index (χ0n) is 19.6. The Morgan fingerprint density at radius 2 is 1.72 bits per heavy atom. The van der Waals surface area contributed by atoms with Gasteiger partial charge in [0.2, 0.25) is 15.9 Å². The molecule has 1 unspecified atom stereocenters. The first kappa shape index (κ1) is 26.2. The van der Waals surface area contributed by atoms with Crippen LogP contribution >= 0.6 is 11.6 Å². The fourth-order valence-corrected chi connectivity index (χ4v) is 5.93. The molecule has 0 radical (unpaired) electrons. The number of sulfonamides is 1. The Balaban J connectivity index is 1.63. The van der Waals surface area contributed by atoms with Crippen molar-refractivity contribution in [1.29, 1.82) is 0 Å². The van der Waals surface area contributed by atoms with Gasteiger partial charge < -0.3 is 9.47 Å². The second-order valence-electron chi connectivity index (χ2n) is 8.35. The number of morpholine rings is 1. The number of hydrogen-bond acceptors (Lipinski definition) is 8. The third kappa shape index (κ3) is 5.45. The molecule has 10 nitrogen and oxygen atoms in total. The average molecular weight is 536 g/mol. The average Bonchev–Trinajstić information content (AvgIpc) is 3.17. The molecule has 0 aromatic heterocycles. The number of rotatable bonds is 8. The van der Waals surface area contributed by atoms with Crippen LogP contribution < -0.4 is 4.90 Å². The molecular weight excluding hydrogens is 510 g/mol. The Hall–Kier alpha value is -2.83. The second-order valence-corrected chi connectivity index (χ2v) is 10.7. The van der Waals surface area contributed by atoms with Gasteiger partial charge in [0.1, 0.15) is 6.04 Å². The molecule has 2 fully saturated rings. The van der Waals surface area contributed by atoms with Gasteiger partial charge in [-0.2, -0.15) is 4.31 Å². The fourth-order valence-electron chi connectivity index (χ4n) is 4.23. The number of carbonyl (C=O) groups excluding carboxylic acids is 3. The molecule has 0 N–H and O–H groups in total. The third-order valence-corrected chi connectivity index (χ3v) is 8.35. The second kappa shape index (κ2) is 11.1. The summed E-state index contributed by atoms with van der Waals surface area (Å²) in [5, 5.41) is 0.377. The lowest BCUT2D eigenvalue weighted by molar-refractivity contribution is -0.122. The summed E-state index contributed by atoms with van der Waals surface area (Å²) in [6, 6.07) is 10.3. The van der Waals surface area contributed by atoms with E-state index in [1.165, 1.54) is 55.6 Å². The molecule has 36 heavy (non-hydrogen) atoms. The highest BCUT2D eigenvalue weighted by molar-refractivity contribution is 7.89. The molecule has 2 aromatic carbocycles. The fraction of sp³-hybridized carbons (Fsp3) is 0.375. The predicted molar refractivity (Wildman–Crippen MR) is 131 cm³/mol. The van der Waals surface area contributed by atoms with Crippen LogP contribution in [0, 0.1) is 0 Å². The van der Waals surface area contributed by atoms with E-state index in [1.54, 1.807) is 0 Å². The van der Waals surface area contributed by atoms with Gasteiger partial charge in [-0.15, -0.1) is 0 Å².